The van der Waals surface area contributed by atoms with Crippen LogP contribution in [0.4, 0.5) is 0 Å². The second kappa shape index (κ2) is 6.40. The van der Waals surface area contributed by atoms with Crippen LogP contribution in [0, 0.1) is 5.92 Å². The molecule has 2 aliphatic rings. The van der Waals surface area contributed by atoms with Crippen molar-refractivity contribution in [3.63, 3.8) is 0 Å². The zero-order chi connectivity index (χ0) is 17.4. The molecule has 0 aliphatic carbocycles. The van der Waals surface area contributed by atoms with Crippen molar-refractivity contribution in [3.05, 3.63) is 41.7 Å². The average Bonchev–Trinajstić information content (AvgIpc) is 3.21. The Bertz CT molecular complexity index is 788. The molecule has 2 N–H and O–H groups in total. The molecule has 1 amide bonds. The van der Waals surface area contributed by atoms with Gasteiger partial charge in [-0.15, -0.1) is 0 Å². The van der Waals surface area contributed by atoms with Crippen LogP contribution in [-0.4, -0.2) is 46.9 Å². The van der Waals surface area contributed by atoms with E-state index < -0.39 is 0 Å². The molecule has 0 bridgehead atoms. The highest BCUT2D eigenvalue weighted by atomic mass is 16.6. The van der Waals surface area contributed by atoms with Gasteiger partial charge < -0.3 is 15.2 Å². The fraction of sp³-hybridized carbons (Fsp3) is 0.444. The standard InChI is InChI=1S/C18H22N4O3/c1-21-8-13(7-20-21)14-10-22(11-15(14)18(19)23)9-12-3-2-4-16-17(12)25-6-5-24-16/h2-4,7-8,14-15H,5-6,9-11H2,1H3,(H2,19,23)/t14-,15+/m1/s1. The average molecular weight is 342 g/mol. The Hall–Kier alpha value is -2.54. The lowest BCUT2D eigenvalue weighted by Gasteiger charge is -2.23. The summed E-state index contributed by atoms with van der Waals surface area (Å²) in [5.41, 5.74) is 7.80. The molecule has 0 saturated carbocycles. The number of amides is 1. The molecule has 0 unspecified atom stereocenters. The summed E-state index contributed by atoms with van der Waals surface area (Å²) >= 11 is 0. The van der Waals surface area contributed by atoms with Crippen molar-refractivity contribution in [2.24, 2.45) is 18.7 Å². The van der Waals surface area contributed by atoms with Crippen LogP contribution in [0.5, 0.6) is 11.5 Å². The number of aromatic nitrogens is 2. The molecule has 0 spiro atoms. The van der Waals surface area contributed by atoms with E-state index in [-0.39, 0.29) is 17.7 Å². The lowest BCUT2D eigenvalue weighted by molar-refractivity contribution is -0.121. The van der Waals surface area contributed by atoms with Crippen molar-refractivity contribution in [3.8, 4) is 11.5 Å². The van der Waals surface area contributed by atoms with Crippen molar-refractivity contribution in [2.75, 3.05) is 26.3 Å². The zero-order valence-electron chi connectivity index (χ0n) is 14.2. The second-order valence-electron chi connectivity index (χ2n) is 6.70. The number of carbonyl (C=O) groups excluding carboxylic acids is 1. The first kappa shape index (κ1) is 16.0. The SMILES string of the molecule is Cn1cc([C@H]2CN(Cc3cccc4c3OCCO4)C[C@@H]2C(N)=O)cn1. The van der Waals surface area contributed by atoms with Gasteiger partial charge in [-0.3, -0.25) is 14.4 Å². The van der Waals surface area contributed by atoms with Gasteiger partial charge >= 0.3 is 0 Å². The third kappa shape index (κ3) is 3.07. The van der Waals surface area contributed by atoms with Crippen molar-refractivity contribution >= 4 is 5.91 Å². The van der Waals surface area contributed by atoms with E-state index >= 15 is 0 Å². The smallest absolute Gasteiger partial charge is 0.222 e. The third-order valence-electron chi connectivity index (χ3n) is 4.96. The molecule has 0 radical (unpaired) electrons. The number of hydrogen-bond donors (Lipinski definition) is 1. The van der Waals surface area contributed by atoms with Crippen molar-refractivity contribution in [1.29, 1.82) is 0 Å². The van der Waals surface area contributed by atoms with Crippen LogP contribution in [-0.2, 0) is 18.4 Å². The van der Waals surface area contributed by atoms with E-state index in [1.54, 1.807) is 4.68 Å². The normalized spacial score (nSPS) is 22.9. The number of ether oxygens (including phenoxy) is 2. The van der Waals surface area contributed by atoms with Crippen LogP contribution in [0.3, 0.4) is 0 Å². The Morgan fingerprint density at radius 2 is 2.16 bits per heavy atom. The first-order valence-corrected chi connectivity index (χ1v) is 8.49. The molecule has 25 heavy (non-hydrogen) atoms. The molecule has 2 aromatic rings. The van der Waals surface area contributed by atoms with Crippen LogP contribution < -0.4 is 15.2 Å². The molecule has 4 rings (SSSR count). The fourth-order valence-corrected chi connectivity index (χ4v) is 3.77. The summed E-state index contributed by atoms with van der Waals surface area (Å²) in [4.78, 5) is 14.2. The number of rotatable bonds is 4. The van der Waals surface area contributed by atoms with Gasteiger partial charge in [-0.05, 0) is 11.6 Å². The minimum Gasteiger partial charge on any atom is -0.486 e. The molecule has 1 aromatic heterocycles. The third-order valence-corrected chi connectivity index (χ3v) is 4.96. The molecule has 2 aliphatic heterocycles. The summed E-state index contributed by atoms with van der Waals surface area (Å²) in [5.74, 6) is 1.21. The van der Waals surface area contributed by atoms with Crippen LogP contribution in [0.15, 0.2) is 30.6 Å². The number of likely N-dealkylation sites (tertiary alicyclic amines) is 1. The lowest BCUT2D eigenvalue weighted by Crippen LogP contribution is -2.29. The van der Waals surface area contributed by atoms with Gasteiger partial charge in [0.2, 0.25) is 5.91 Å². The topological polar surface area (TPSA) is 82.6 Å². The Balaban J connectivity index is 1.55. The Kier molecular flexibility index (Phi) is 4.09. The Morgan fingerprint density at radius 1 is 1.32 bits per heavy atom. The van der Waals surface area contributed by atoms with E-state index in [0.717, 1.165) is 29.2 Å². The molecule has 1 fully saturated rings. The van der Waals surface area contributed by atoms with Crippen LogP contribution in [0.2, 0.25) is 0 Å². The number of aryl methyl sites for hydroxylation is 1. The quantitative estimate of drug-likeness (QED) is 0.892. The maximum Gasteiger partial charge on any atom is 0.222 e. The van der Waals surface area contributed by atoms with Gasteiger partial charge in [0.05, 0.1) is 12.1 Å². The summed E-state index contributed by atoms with van der Waals surface area (Å²) < 4.78 is 13.2. The van der Waals surface area contributed by atoms with E-state index in [2.05, 4.69) is 10.00 Å². The summed E-state index contributed by atoms with van der Waals surface area (Å²) in [6.07, 6.45) is 3.79. The van der Waals surface area contributed by atoms with Gasteiger partial charge in [0.15, 0.2) is 11.5 Å². The van der Waals surface area contributed by atoms with Crippen molar-refractivity contribution < 1.29 is 14.3 Å². The maximum absolute atomic E-state index is 11.9. The molecule has 1 saturated heterocycles. The number of nitrogens with zero attached hydrogens (tertiary/aromatic N) is 3. The monoisotopic (exact) mass is 342 g/mol. The number of fused-ring (bicyclic) bond motifs is 1. The predicted molar refractivity (Wildman–Crippen MR) is 91.3 cm³/mol. The molecule has 7 heteroatoms. The molecule has 132 valence electrons. The van der Waals surface area contributed by atoms with E-state index in [4.69, 9.17) is 15.2 Å². The lowest BCUT2D eigenvalue weighted by atomic mass is 9.90. The van der Waals surface area contributed by atoms with Gasteiger partial charge in [-0.2, -0.15) is 5.10 Å². The molecule has 3 heterocycles. The van der Waals surface area contributed by atoms with Gasteiger partial charge in [-0.1, -0.05) is 12.1 Å². The van der Waals surface area contributed by atoms with Crippen molar-refractivity contribution in [1.82, 2.24) is 14.7 Å². The van der Waals surface area contributed by atoms with E-state index in [1.807, 2.05) is 37.6 Å². The number of para-hydroxylation sites is 1. The first-order chi connectivity index (χ1) is 12.1. The number of benzene rings is 1. The first-order valence-electron chi connectivity index (χ1n) is 8.49. The van der Waals surface area contributed by atoms with E-state index in [1.165, 1.54) is 0 Å². The Morgan fingerprint density at radius 3 is 2.92 bits per heavy atom. The fourth-order valence-electron chi connectivity index (χ4n) is 3.77. The van der Waals surface area contributed by atoms with Gasteiger partial charge in [-0.25, -0.2) is 0 Å². The van der Waals surface area contributed by atoms with Crippen LogP contribution in [0.25, 0.3) is 0 Å². The highest BCUT2D eigenvalue weighted by molar-refractivity contribution is 5.78. The maximum atomic E-state index is 11.9. The van der Waals surface area contributed by atoms with Gasteiger partial charge in [0.25, 0.3) is 0 Å². The highest BCUT2D eigenvalue weighted by Gasteiger charge is 2.38. The molecule has 7 nitrogen and oxygen atoms in total. The summed E-state index contributed by atoms with van der Waals surface area (Å²) in [6, 6.07) is 5.94. The summed E-state index contributed by atoms with van der Waals surface area (Å²) in [6.45, 7) is 3.25. The van der Waals surface area contributed by atoms with Gasteiger partial charge in [0, 0.05) is 44.4 Å². The molecule has 1 aromatic carbocycles. The predicted octanol–water partition coefficient (Wildman–Crippen LogP) is 0.892. The van der Waals surface area contributed by atoms with Crippen molar-refractivity contribution in [2.45, 2.75) is 12.5 Å². The largest absolute Gasteiger partial charge is 0.486 e. The van der Waals surface area contributed by atoms with Gasteiger partial charge in [0.1, 0.15) is 13.2 Å². The van der Waals surface area contributed by atoms with Crippen LogP contribution in [0.1, 0.15) is 17.0 Å². The minimum absolute atomic E-state index is 0.0721. The summed E-state index contributed by atoms with van der Waals surface area (Å²) in [7, 11) is 1.88. The van der Waals surface area contributed by atoms with E-state index in [0.29, 0.717) is 26.3 Å². The number of nitrogens with two attached hydrogens (primary N) is 1. The number of primary amides is 1. The molecule has 2 atom stereocenters. The number of hydrogen-bond acceptors (Lipinski definition) is 5. The Labute approximate surface area is 146 Å². The second-order valence-corrected chi connectivity index (χ2v) is 6.70. The highest BCUT2D eigenvalue weighted by Crippen LogP contribution is 2.37. The summed E-state index contributed by atoms with van der Waals surface area (Å²) in [5, 5.41) is 4.23. The minimum atomic E-state index is -0.258. The number of carbonyl (C=O) groups is 1. The zero-order valence-corrected chi connectivity index (χ0v) is 14.2. The van der Waals surface area contributed by atoms with E-state index in [9.17, 15) is 4.79 Å². The molecular weight excluding hydrogens is 320 g/mol. The molecular formula is C18H22N4O3. The van der Waals surface area contributed by atoms with Crippen LogP contribution >= 0.6 is 0 Å².